The van der Waals surface area contributed by atoms with Crippen molar-refractivity contribution in [3.63, 3.8) is 0 Å². The number of anilines is 2. The summed E-state index contributed by atoms with van der Waals surface area (Å²) in [4.78, 5) is 2.13. The minimum Gasteiger partial charge on any atom is -0.495 e. The van der Waals surface area contributed by atoms with Crippen molar-refractivity contribution < 1.29 is 9.13 Å². The zero-order valence-electron chi connectivity index (χ0n) is 13.6. The largest absolute Gasteiger partial charge is 0.495 e. The van der Waals surface area contributed by atoms with Crippen LogP contribution in [0.4, 0.5) is 15.8 Å². The van der Waals surface area contributed by atoms with Gasteiger partial charge in [0.05, 0.1) is 18.5 Å². The van der Waals surface area contributed by atoms with Crippen LogP contribution in [0.5, 0.6) is 5.75 Å². The van der Waals surface area contributed by atoms with Crippen LogP contribution in [0.25, 0.3) is 0 Å². The lowest BCUT2D eigenvalue weighted by atomic mass is 9.77. The molecule has 0 saturated carbocycles. The molecule has 1 aromatic carbocycles. The van der Waals surface area contributed by atoms with Crippen molar-refractivity contribution in [2.24, 2.45) is 11.3 Å². The van der Waals surface area contributed by atoms with Gasteiger partial charge in [-0.2, -0.15) is 0 Å². The van der Waals surface area contributed by atoms with Gasteiger partial charge in [-0.25, -0.2) is 4.39 Å². The molecule has 1 aliphatic rings. The van der Waals surface area contributed by atoms with E-state index in [1.165, 1.54) is 12.5 Å². The van der Waals surface area contributed by atoms with Crippen LogP contribution in [-0.2, 0) is 0 Å². The smallest absolute Gasteiger partial charge is 0.148 e. The van der Waals surface area contributed by atoms with Crippen LogP contribution in [0.2, 0.25) is 0 Å². The second kappa shape index (κ2) is 6.12. The number of nitrogens with zero attached hydrogens (tertiary/aromatic N) is 1. The number of rotatable bonds is 2. The van der Waals surface area contributed by atoms with Crippen LogP contribution < -0.4 is 15.4 Å². The van der Waals surface area contributed by atoms with E-state index < -0.39 is 0 Å². The molecule has 3 nitrogen and oxygen atoms in total. The van der Waals surface area contributed by atoms with Gasteiger partial charge in [-0.3, -0.25) is 0 Å². The van der Waals surface area contributed by atoms with E-state index in [4.69, 9.17) is 10.5 Å². The number of hydrogen-bond acceptors (Lipinski definition) is 3. The number of halogens is 1. The van der Waals surface area contributed by atoms with Crippen molar-refractivity contribution in [2.45, 2.75) is 40.0 Å². The van der Waals surface area contributed by atoms with Gasteiger partial charge in [0, 0.05) is 25.2 Å². The topological polar surface area (TPSA) is 38.5 Å². The Labute approximate surface area is 127 Å². The number of nitrogens with two attached hydrogens (primary N) is 1. The van der Waals surface area contributed by atoms with Crippen molar-refractivity contribution >= 4 is 11.4 Å². The van der Waals surface area contributed by atoms with Gasteiger partial charge in [0.25, 0.3) is 0 Å². The second-order valence-electron chi connectivity index (χ2n) is 7.03. The maximum atomic E-state index is 14.2. The SMILES string of the molecule is COc1cc(N2CCCC(C(C)(C)C)CC2)c(F)cc1N. The quantitative estimate of drug-likeness (QED) is 0.836. The first-order valence-corrected chi connectivity index (χ1v) is 7.71. The van der Waals surface area contributed by atoms with Gasteiger partial charge >= 0.3 is 0 Å². The normalized spacial score (nSPS) is 20.2. The van der Waals surface area contributed by atoms with Crippen LogP contribution in [-0.4, -0.2) is 20.2 Å². The predicted molar refractivity (Wildman–Crippen MR) is 86.4 cm³/mol. The standard InChI is InChI=1S/C17H27FN2O/c1-17(2,3)12-6-5-8-20(9-7-12)15-11-16(21-4)14(19)10-13(15)18/h10-12H,5-9,19H2,1-4H3. The summed E-state index contributed by atoms with van der Waals surface area (Å²) in [6.45, 7) is 8.64. The molecule has 4 heteroatoms. The number of ether oxygens (including phenoxy) is 1. The molecule has 0 amide bonds. The third-order valence-electron chi connectivity index (χ3n) is 4.59. The number of methoxy groups -OCH3 is 1. The van der Waals surface area contributed by atoms with E-state index in [-0.39, 0.29) is 5.82 Å². The Hall–Kier alpha value is -1.45. The highest BCUT2D eigenvalue weighted by Crippen LogP contribution is 2.37. The van der Waals surface area contributed by atoms with Crippen molar-refractivity contribution in [3.8, 4) is 5.75 Å². The number of hydrogen-bond donors (Lipinski definition) is 1. The van der Waals surface area contributed by atoms with Gasteiger partial charge in [-0.15, -0.1) is 0 Å². The number of benzene rings is 1. The van der Waals surface area contributed by atoms with Gasteiger partial charge in [0.2, 0.25) is 0 Å². The molecule has 2 N–H and O–H groups in total. The summed E-state index contributed by atoms with van der Waals surface area (Å²) in [7, 11) is 1.56. The van der Waals surface area contributed by atoms with E-state index in [2.05, 4.69) is 25.7 Å². The van der Waals surface area contributed by atoms with E-state index in [0.29, 0.717) is 28.5 Å². The number of nitrogen functional groups attached to an aromatic ring is 1. The first-order valence-electron chi connectivity index (χ1n) is 7.71. The summed E-state index contributed by atoms with van der Waals surface area (Å²) in [6, 6.07) is 3.09. The van der Waals surface area contributed by atoms with Gasteiger partial charge < -0.3 is 15.4 Å². The fourth-order valence-corrected chi connectivity index (χ4v) is 3.18. The molecule has 0 radical (unpaired) electrons. The van der Waals surface area contributed by atoms with Gasteiger partial charge in [-0.1, -0.05) is 20.8 Å². The van der Waals surface area contributed by atoms with E-state index in [0.717, 1.165) is 25.9 Å². The molecule has 1 aromatic rings. The Morgan fingerprint density at radius 2 is 1.95 bits per heavy atom. The summed E-state index contributed by atoms with van der Waals surface area (Å²) in [6.07, 6.45) is 3.39. The van der Waals surface area contributed by atoms with Crippen molar-refractivity contribution in [2.75, 3.05) is 30.8 Å². The van der Waals surface area contributed by atoms with Crippen LogP contribution in [0.1, 0.15) is 40.0 Å². The molecule has 0 aromatic heterocycles. The molecular weight excluding hydrogens is 267 g/mol. The molecule has 0 aliphatic carbocycles. The van der Waals surface area contributed by atoms with Crippen LogP contribution in [0, 0.1) is 17.2 Å². The van der Waals surface area contributed by atoms with Gasteiger partial charge in [-0.05, 0) is 30.6 Å². The molecule has 1 atom stereocenters. The fourth-order valence-electron chi connectivity index (χ4n) is 3.18. The highest BCUT2D eigenvalue weighted by Gasteiger charge is 2.28. The molecule has 1 fully saturated rings. The maximum absolute atomic E-state index is 14.2. The van der Waals surface area contributed by atoms with Crippen LogP contribution >= 0.6 is 0 Å². The van der Waals surface area contributed by atoms with Crippen LogP contribution in [0.3, 0.4) is 0 Å². The molecule has 0 bridgehead atoms. The highest BCUT2D eigenvalue weighted by molar-refractivity contribution is 5.63. The fraction of sp³-hybridized carbons (Fsp3) is 0.647. The third kappa shape index (κ3) is 3.60. The Kier molecular flexibility index (Phi) is 4.64. The summed E-state index contributed by atoms with van der Waals surface area (Å²) in [5.74, 6) is 0.965. The highest BCUT2D eigenvalue weighted by atomic mass is 19.1. The molecular formula is C17H27FN2O. The summed E-state index contributed by atoms with van der Waals surface area (Å²) < 4.78 is 19.5. The molecule has 21 heavy (non-hydrogen) atoms. The minimum atomic E-state index is -0.262. The zero-order valence-corrected chi connectivity index (χ0v) is 13.6. The van der Waals surface area contributed by atoms with Crippen molar-refractivity contribution in [1.29, 1.82) is 0 Å². The molecule has 1 saturated heterocycles. The Morgan fingerprint density at radius 3 is 2.57 bits per heavy atom. The van der Waals surface area contributed by atoms with Crippen LogP contribution in [0.15, 0.2) is 12.1 Å². The lowest BCUT2D eigenvalue weighted by Crippen LogP contribution is -2.27. The first-order chi connectivity index (χ1) is 9.82. The van der Waals surface area contributed by atoms with Gasteiger partial charge in [0.1, 0.15) is 11.6 Å². The molecule has 1 heterocycles. The second-order valence-corrected chi connectivity index (χ2v) is 7.03. The average molecular weight is 294 g/mol. The molecule has 1 aliphatic heterocycles. The summed E-state index contributed by atoms with van der Waals surface area (Å²) >= 11 is 0. The molecule has 0 spiro atoms. The first kappa shape index (κ1) is 15.9. The molecule has 1 unspecified atom stereocenters. The molecule has 2 rings (SSSR count). The summed E-state index contributed by atoms with van der Waals surface area (Å²) in [5.41, 5.74) is 7.03. The van der Waals surface area contributed by atoms with E-state index >= 15 is 0 Å². The van der Waals surface area contributed by atoms with E-state index in [1.807, 2.05) is 0 Å². The zero-order chi connectivity index (χ0) is 15.6. The Bertz CT molecular complexity index is 496. The van der Waals surface area contributed by atoms with Gasteiger partial charge in [0.15, 0.2) is 0 Å². The van der Waals surface area contributed by atoms with Crippen molar-refractivity contribution in [3.05, 3.63) is 17.9 Å². The van der Waals surface area contributed by atoms with E-state index in [9.17, 15) is 4.39 Å². The molecule has 118 valence electrons. The Morgan fingerprint density at radius 1 is 1.24 bits per heavy atom. The minimum absolute atomic E-state index is 0.262. The predicted octanol–water partition coefficient (Wildman–Crippen LogP) is 4.07. The third-order valence-corrected chi connectivity index (χ3v) is 4.59. The lowest BCUT2D eigenvalue weighted by Gasteiger charge is -2.30. The average Bonchev–Trinajstić information content (AvgIpc) is 2.64. The van der Waals surface area contributed by atoms with Crippen molar-refractivity contribution in [1.82, 2.24) is 0 Å². The Balaban J connectivity index is 2.19. The summed E-state index contributed by atoms with van der Waals surface area (Å²) in [5, 5.41) is 0. The van der Waals surface area contributed by atoms with E-state index in [1.54, 1.807) is 13.2 Å². The maximum Gasteiger partial charge on any atom is 0.148 e. The lowest BCUT2D eigenvalue weighted by molar-refractivity contribution is 0.220. The monoisotopic (exact) mass is 294 g/mol.